The maximum absolute atomic E-state index is 13.3. The van der Waals surface area contributed by atoms with Gasteiger partial charge in [-0.3, -0.25) is 14.4 Å². The molecule has 3 rings (SSSR count). The number of carbonyl (C=O) groups is 3. The standard InChI is InChI=1S/C23H32N2O4/c1-4-29-23(28)19-9-6-10-24(13-19)22(27)21-12-20(14-25(15-21)17(3)26)18-8-5-7-16(2)11-18/h5,7-8,11,19-21H,4,6,9-10,12-15H2,1-3H3/t19-,20+,21+/m1/s1. The molecule has 158 valence electrons. The number of hydrogen-bond donors (Lipinski definition) is 0. The van der Waals surface area contributed by atoms with Crippen molar-refractivity contribution in [3.8, 4) is 0 Å². The minimum Gasteiger partial charge on any atom is -0.466 e. The number of nitrogens with zero attached hydrogens (tertiary/aromatic N) is 2. The summed E-state index contributed by atoms with van der Waals surface area (Å²) in [5.74, 6) is -0.485. The van der Waals surface area contributed by atoms with Crippen molar-refractivity contribution in [2.24, 2.45) is 11.8 Å². The molecule has 0 saturated carbocycles. The molecule has 1 aromatic rings. The van der Waals surface area contributed by atoms with Gasteiger partial charge in [-0.25, -0.2) is 0 Å². The summed E-state index contributed by atoms with van der Waals surface area (Å²) in [6, 6.07) is 8.32. The van der Waals surface area contributed by atoms with Crippen molar-refractivity contribution in [2.75, 3.05) is 32.8 Å². The van der Waals surface area contributed by atoms with Gasteiger partial charge in [0.15, 0.2) is 0 Å². The lowest BCUT2D eigenvalue weighted by atomic mass is 9.83. The molecule has 6 heteroatoms. The molecule has 29 heavy (non-hydrogen) atoms. The van der Waals surface area contributed by atoms with Crippen LogP contribution < -0.4 is 0 Å². The molecule has 0 unspecified atom stereocenters. The molecule has 0 aromatic heterocycles. The summed E-state index contributed by atoms with van der Waals surface area (Å²) in [6.45, 7) is 7.97. The first-order chi connectivity index (χ1) is 13.9. The molecule has 2 aliphatic heterocycles. The van der Waals surface area contributed by atoms with E-state index in [1.54, 1.807) is 18.7 Å². The molecule has 6 nitrogen and oxygen atoms in total. The Bertz CT molecular complexity index is 763. The Hall–Kier alpha value is -2.37. The van der Waals surface area contributed by atoms with Gasteiger partial charge in [0.1, 0.15) is 0 Å². The average molecular weight is 401 g/mol. The van der Waals surface area contributed by atoms with Crippen LogP contribution in [0.4, 0.5) is 0 Å². The first-order valence-electron chi connectivity index (χ1n) is 10.7. The highest BCUT2D eigenvalue weighted by Gasteiger charge is 2.38. The number of hydrogen-bond acceptors (Lipinski definition) is 4. The van der Waals surface area contributed by atoms with Gasteiger partial charge in [0.05, 0.1) is 18.4 Å². The van der Waals surface area contributed by atoms with Crippen LogP contribution in [0.25, 0.3) is 0 Å². The lowest BCUT2D eigenvalue weighted by Crippen LogP contribution is -2.51. The molecule has 0 N–H and O–H groups in total. The highest BCUT2D eigenvalue weighted by Crippen LogP contribution is 2.32. The Balaban J connectivity index is 1.74. The van der Waals surface area contributed by atoms with Gasteiger partial charge in [0.25, 0.3) is 0 Å². The second-order valence-corrected chi connectivity index (χ2v) is 8.34. The van der Waals surface area contributed by atoms with E-state index in [1.165, 1.54) is 11.1 Å². The number of benzene rings is 1. The van der Waals surface area contributed by atoms with Crippen molar-refractivity contribution in [1.82, 2.24) is 9.80 Å². The van der Waals surface area contributed by atoms with E-state index in [0.29, 0.717) is 32.8 Å². The van der Waals surface area contributed by atoms with Gasteiger partial charge in [0.2, 0.25) is 11.8 Å². The molecule has 0 spiro atoms. The lowest BCUT2D eigenvalue weighted by molar-refractivity contribution is -0.152. The number of esters is 1. The van der Waals surface area contributed by atoms with E-state index in [-0.39, 0.29) is 35.5 Å². The van der Waals surface area contributed by atoms with Crippen LogP contribution in [0.3, 0.4) is 0 Å². The minimum absolute atomic E-state index is 0.00296. The fourth-order valence-corrected chi connectivity index (χ4v) is 4.59. The van der Waals surface area contributed by atoms with E-state index in [9.17, 15) is 14.4 Å². The first kappa shape index (κ1) is 21.3. The summed E-state index contributed by atoms with van der Waals surface area (Å²) < 4.78 is 5.16. The maximum atomic E-state index is 13.3. The van der Waals surface area contributed by atoms with E-state index < -0.39 is 0 Å². The van der Waals surface area contributed by atoms with Crippen LogP contribution in [0, 0.1) is 18.8 Å². The first-order valence-corrected chi connectivity index (χ1v) is 10.7. The Labute approximate surface area is 173 Å². The van der Waals surface area contributed by atoms with E-state index in [1.807, 2.05) is 11.0 Å². The number of amides is 2. The third kappa shape index (κ3) is 5.17. The fraction of sp³-hybridized carbons (Fsp3) is 0.609. The van der Waals surface area contributed by atoms with Gasteiger partial charge in [-0.05, 0) is 38.7 Å². The molecule has 2 heterocycles. The highest BCUT2D eigenvalue weighted by molar-refractivity contribution is 5.82. The SMILES string of the molecule is CCOC(=O)[C@@H]1CCCN(C(=O)[C@H]2C[C@H](c3cccc(C)c3)CN(C(C)=O)C2)C1. The monoisotopic (exact) mass is 400 g/mol. The largest absolute Gasteiger partial charge is 0.466 e. The molecule has 2 saturated heterocycles. The molecular weight excluding hydrogens is 368 g/mol. The zero-order valence-corrected chi connectivity index (χ0v) is 17.7. The number of rotatable bonds is 4. The molecule has 1 aromatic carbocycles. The predicted octanol–water partition coefficient (Wildman–Crippen LogP) is 2.75. The van der Waals surface area contributed by atoms with E-state index >= 15 is 0 Å². The van der Waals surface area contributed by atoms with Crippen molar-refractivity contribution in [1.29, 1.82) is 0 Å². The molecule has 2 aliphatic rings. The van der Waals surface area contributed by atoms with Crippen molar-refractivity contribution >= 4 is 17.8 Å². The Morgan fingerprint density at radius 2 is 1.86 bits per heavy atom. The van der Waals surface area contributed by atoms with Crippen molar-refractivity contribution in [2.45, 2.75) is 46.0 Å². The summed E-state index contributed by atoms with van der Waals surface area (Å²) in [7, 11) is 0. The van der Waals surface area contributed by atoms with Crippen molar-refractivity contribution in [3.63, 3.8) is 0 Å². The summed E-state index contributed by atoms with van der Waals surface area (Å²) in [5, 5.41) is 0. The molecular formula is C23H32N2O4. The van der Waals surface area contributed by atoms with Crippen LogP contribution in [-0.2, 0) is 19.1 Å². The number of piperidine rings is 2. The summed E-state index contributed by atoms with van der Waals surface area (Å²) >= 11 is 0. The van der Waals surface area contributed by atoms with Crippen LogP contribution in [-0.4, -0.2) is 60.4 Å². The number of aryl methyl sites for hydroxylation is 1. The second-order valence-electron chi connectivity index (χ2n) is 8.34. The third-order valence-corrected chi connectivity index (χ3v) is 6.11. The molecule has 0 aliphatic carbocycles. The molecule has 2 amide bonds. The Kier molecular flexibility index (Phi) is 6.93. The number of likely N-dealkylation sites (tertiary alicyclic amines) is 2. The molecule has 0 bridgehead atoms. The highest BCUT2D eigenvalue weighted by atomic mass is 16.5. The number of carbonyl (C=O) groups excluding carboxylic acids is 3. The van der Waals surface area contributed by atoms with Gasteiger partial charge in [-0.2, -0.15) is 0 Å². The maximum Gasteiger partial charge on any atom is 0.310 e. The average Bonchev–Trinajstić information content (AvgIpc) is 2.73. The molecule has 0 radical (unpaired) electrons. The van der Waals surface area contributed by atoms with Crippen molar-refractivity contribution in [3.05, 3.63) is 35.4 Å². The normalized spacial score (nSPS) is 24.9. The van der Waals surface area contributed by atoms with Gasteiger partial charge in [-0.15, -0.1) is 0 Å². The van der Waals surface area contributed by atoms with E-state index in [0.717, 1.165) is 19.3 Å². The quantitative estimate of drug-likeness (QED) is 0.729. The molecule has 3 atom stereocenters. The fourth-order valence-electron chi connectivity index (χ4n) is 4.59. The summed E-state index contributed by atoms with van der Waals surface area (Å²) in [4.78, 5) is 41.2. The topological polar surface area (TPSA) is 66.9 Å². The predicted molar refractivity (Wildman–Crippen MR) is 110 cm³/mol. The van der Waals surface area contributed by atoms with Crippen LogP contribution in [0.5, 0.6) is 0 Å². The van der Waals surface area contributed by atoms with E-state index in [4.69, 9.17) is 4.74 Å². The number of ether oxygens (including phenoxy) is 1. The lowest BCUT2D eigenvalue weighted by Gasteiger charge is -2.40. The van der Waals surface area contributed by atoms with Gasteiger partial charge in [-0.1, -0.05) is 29.8 Å². The van der Waals surface area contributed by atoms with Crippen LogP contribution >= 0.6 is 0 Å². The van der Waals surface area contributed by atoms with Crippen LogP contribution in [0.2, 0.25) is 0 Å². The molecule has 2 fully saturated rings. The van der Waals surface area contributed by atoms with E-state index in [2.05, 4.69) is 25.1 Å². The summed E-state index contributed by atoms with van der Waals surface area (Å²) in [5.41, 5.74) is 2.36. The van der Waals surface area contributed by atoms with Gasteiger partial charge >= 0.3 is 5.97 Å². The van der Waals surface area contributed by atoms with Crippen LogP contribution in [0.1, 0.15) is 50.2 Å². The second kappa shape index (κ2) is 9.42. The third-order valence-electron chi connectivity index (χ3n) is 6.11. The smallest absolute Gasteiger partial charge is 0.310 e. The minimum atomic E-state index is -0.243. The van der Waals surface area contributed by atoms with Crippen molar-refractivity contribution < 1.29 is 19.1 Å². The van der Waals surface area contributed by atoms with Gasteiger partial charge in [0, 0.05) is 39.0 Å². The van der Waals surface area contributed by atoms with Gasteiger partial charge < -0.3 is 14.5 Å². The van der Waals surface area contributed by atoms with Crippen LogP contribution in [0.15, 0.2) is 24.3 Å². The Morgan fingerprint density at radius 3 is 2.55 bits per heavy atom. The Morgan fingerprint density at radius 1 is 1.10 bits per heavy atom. The zero-order chi connectivity index (χ0) is 21.0. The zero-order valence-electron chi connectivity index (χ0n) is 17.7. The summed E-state index contributed by atoms with van der Waals surface area (Å²) in [6.07, 6.45) is 2.30.